The number of carbonyl (C=O) groups is 1. The van der Waals surface area contributed by atoms with Crippen molar-refractivity contribution in [1.82, 2.24) is 10.2 Å². The van der Waals surface area contributed by atoms with Crippen molar-refractivity contribution in [2.75, 3.05) is 19.6 Å². The van der Waals surface area contributed by atoms with Crippen molar-refractivity contribution in [1.29, 1.82) is 0 Å². The smallest absolute Gasteiger partial charge is 0.227 e. The van der Waals surface area contributed by atoms with E-state index in [-0.39, 0.29) is 11.9 Å². The molecule has 2 aromatic carbocycles. The second-order valence-corrected chi connectivity index (χ2v) is 6.40. The maximum absolute atomic E-state index is 12.9. The van der Waals surface area contributed by atoms with Gasteiger partial charge in [0.05, 0.1) is 12.5 Å². The van der Waals surface area contributed by atoms with Crippen LogP contribution in [0.2, 0.25) is 5.02 Å². The van der Waals surface area contributed by atoms with Gasteiger partial charge in [0, 0.05) is 24.7 Å². The second kappa shape index (κ2) is 7.16. The summed E-state index contributed by atoms with van der Waals surface area (Å²) in [7, 11) is 0. The minimum Gasteiger partial charge on any atom is -0.333 e. The van der Waals surface area contributed by atoms with E-state index in [1.165, 1.54) is 0 Å². The zero-order valence-corrected chi connectivity index (χ0v) is 14.0. The van der Waals surface area contributed by atoms with Crippen LogP contribution in [-0.4, -0.2) is 30.4 Å². The van der Waals surface area contributed by atoms with E-state index in [0.29, 0.717) is 11.4 Å². The van der Waals surface area contributed by atoms with Gasteiger partial charge in [0.1, 0.15) is 0 Å². The maximum atomic E-state index is 12.9. The van der Waals surface area contributed by atoms with Crippen LogP contribution < -0.4 is 5.32 Å². The molecule has 4 heteroatoms. The summed E-state index contributed by atoms with van der Waals surface area (Å²) in [5.41, 5.74) is 3.35. The molecule has 1 fully saturated rings. The lowest BCUT2D eigenvalue weighted by molar-refractivity contribution is -0.133. The third-order valence-corrected chi connectivity index (χ3v) is 4.64. The first-order valence-corrected chi connectivity index (χ1v) is 8.33. The molecule has 1 saturated heterocycles. The Morgan fingerprint density at radius 2 is 2.09 bits per heavy atom. The number of halogens is 1. The molecule has 0 aliphatic carbocycles. The highest BCUT2D eigenvalue weighted by Crippen LogP contribution is 2.25. The molecule has 2 aromatic rings. The molecule has 1 unspecified atom stereocenters. The van der Waals surface area contributed by atoms with Gasteiger partial charge in [0.25, 0.3) is 0 Å². The van der Waals surface area contributed by atoms with E-state index >= 15 is 0 Å². The molecule has 0 saturated carbocycles. The zero-order chi connectivity index (χ0) is 16.2. The summed E-state index contributed by atoms with van der Waals surface area (Å²) < 4.78 is 0. The molecule has 23 heavy (non-hydrogen) atoms. The first-order valence-electron chi connectivity index (χ1n) is 7.95. The maximum Gasteiger partial charge on any atom is 0.227 e. The average molecular weight is 329 g/mol. The summed E-state index contributed by atoms with van der Waals surface area (Å²) in [6.45, 7) is 4.37. The summed E-state index contributed by atoms with van der Waals surface area (Å²) in [5.74, 6) is 0.172. The SMILES string of the molecule is Cc1ccccc1CC(=O)N1CCNCC1c1cccc(Cl)c1. The van der Waals surface area contributed by atoms with E-state index in [9.17, 15) is 4.79 Å². The third-order valence-electron chi connectivity index (χ3n) is 4.40. The average Bonchev–Trinajstić information content (AvgIpc) is 2.57. The first kappa shape index (κ1) is 16.0. The normalized spacial score (nSPS) is 18.0. The van der Waals surface area contributed by atoms with Gasteiger partial charge in [-0.1, -0.05) is 48.0 Å². The fraction of sp³-hybridized carbons (Fsp3) is 0.316. The van der Waals surface area contributed by atoms with Crippen LogP contribution in [0.1, 0.15) is 22.7 Å². The number of amides is 1. The van der Waals surface area contributed by atoms with Crippen molar-refractivity contribution in [3.8, 4) is 0 Å². The molecule has 1 amide bonds. The fourth-order valence-corrected chi connectivity index (χ4v) is 3.29. The van der Waals surface area contributed by atoms with E-state index in [0.717, 1.165) is 36.3 Å². The minimum absolute atomic E-state index is 0.0407. The lowest BCUT2D eigenvalue weighted by atomic mass is 10.0. The van der Waals surface area contributed by atoms with Crippen LogP contribution in [0.5, 0.6) is 0 Å². The Labute approximate surface area is 142 Å². The molecular formula is C19H21ClN2O. The standard InChI is InChI=1S/C19H21ClN2O/c1-14-5-2-3-6-15(14)12-19(23)22-10-9-21-13-18(22)16-7-4-8-17(20)11-16/h2-8,11,18,21H,9-10,12-13H2,1H3. The Balaban J connectivity index is 1.81. The molecule has 3 rings (SSSR count). The van der Waals surface area contributed by atoms with Crippen molar-refractivity contribution >= 4 is 17.5 Å². The summed E-state index contributed by atoms with van der Waals surface area (Å²) >= 11 is 6.12. The van der Waals surface area contributed by atoms with E-state index in [1.54, 1.807) is 0 Å². The van der Waals surface area contributed by atoms with Crippen molar-refractivity contribution in [3.63, 3.8) is 0 Å². The lowest BCUT2D eigenvalue weighted by Gasteiger charge is -2.37. The second-order valence-electron chi connectivity index (χ2n) is 5.97. The van der Waals surface area contributed by atoms with Gasteiger partial charge in [0.2, 0.25) is 5.91 Å². The molecule has 0 spiro atoms. The fourth-order valence-electron chi connectivity index (χ4n) is 3.09. The Kier molecular flexibility index (Phi) is 4.99. The monoisotopic (exact) mass is 328 g/mol. The summed E-state index contributed by atoms with van der Waals surface area (Å²) in [6, 6.07) is 15.9. The van der Waals surface area contributed by atoms with Crippen LogP contribution in [0.3, 0.4) is 0 Å². The van der Waals surface area contributed by atoms with Gasteiger partial charge in [-0.2, -0.15) is 0 Å². The quantitative estimate of drug-likeness (QED) is 0.937. The Hall–Kier alpha value is -1.84. The van der Waals surface area contributed by atoms with Crippen LogP contribution in [0.4, 0.5) is 0 Å². The van der Waals surface area contributed by atoms with Gasteiger partial charge < -0.3 is 10.2 Å². The number of aryl methyl sites for hydroxylation is 1. The number of carbonyl (C=O) groups excluding carboxylic acids is 1. The van der Waals surface area contributed by atoms with Crippen molar-refractivity contribution in [2.45, 2.75) is 19.4 Å². The summed E-state index contributed by atoms with van der Waals surface area (Å²) in [4.78, 5) is 14.8. The molecule has 1 heterocycles. The Morgan fingerprint density at radius 1 is 1.26 bits per heavy atom. The molecule has 120 valence electrons. The van der Waals surface area contributed by atoms with Gasteiger partial charge in [-0.05, 0) is 35.7 Å². The van der Waals surface area contributed by atoms with E-state index in [1.807, 2.05) is 47.4 Å². The van der Waals surface area contributed by atoms with E-state index in [4.69, 9.17) is 11.6 Å². The van der Waals surface area contributed by atoms with Crippen LogP contribution in [0.15, 0.2) is 48.5 Å². The van der Waals surface area contributed by atoms with E-state index < -0.39 is 0 Å². The van der Waals surface area contributed by atoms with Crippen molar-refractivity contribution in [3.05, 3.63) is 70.2 Å². The van der Waals surface area contributed by atoms with Crippen LogP contribution in [0.25, 0.3) is 0 Å². The van der Waals surface area contributed by atoms with E-state index in [2.05, 4.69) is 18.3 Å². The number of hydrogen-bond acceptors (Lipinski definition) is 2. The van der Waals surface area contributed by atoms with Crippen molar-refractivity contribution < 1.29 is 4.79 Å². The van der Waals surface area contributed by atoms with Gasteiger partial charge in [-0.15, -0.1) is 0 Å². The molecule has 1 N–H and O–H groups in total. The van der Waals surface area contributed by atoms with Crippen LogP contribution >= 0.6 is 11.6 Å². The minimum atomic E-state index is 0.0407. The topological polar surface area (TPSA) is 32.3 Å². The number of piperazine rings is 1. The predicted molar refractivity (Wildman–Crippen MR) is 93.7 cm³/mol. The molecule has 1 aliphatic heterocycles. The zero-order valence-electron chi connectivity index (χ0n) is 13.3. The molecule has 0 radical (unpaired) electrons. The van der Waals surface area contributed by atoms with Gasteiger partial charge in [-0.25, -0.2) is 0 Å². The predicted octanol–water partition coefficient (Wildman–Crippen LogP) is 3.36. The van der Waals surface area contributed by atoms with Crippen LogP contribution in [-0.2, 0) is 11.2 Å². The number of benzene rings is 2. The highest BCUT2D eigenvalue weighted by molar-refractivity contribution is 6.30. The summed E-state index contributed by atoms with van der Waals surface area (Å²) in [5, 5.41) is 4.08. The third kappa shape index (κ3) is 3.74. The lowest BCUT2D eigenvalue weighted by Crippen LogP contribution is -2.49. The van der Waals surface area contributed by atoms with Gasteiger partial charge >= 0.3 is 0 Å². The number of hydrogen-bond donors (Lipinski definition) is 1. The molecule has 1 aliphatic rings. The highest BCUT2D eigenvalue weighted by Gasteiger charge is 2.28. The Bertz CT molecular complexity index is 701. The van der Waals surface area contributed by atoms with Crippen molar-refractivity contribution in [2.24, 2.45) is 0 Å². The van der Waals surface area contributed by atoms with Gasteiger partial charge in [-0.3, -0.25) is 4.79 Å². The molecule has 0 aromatic heterocycles. The number of rotatable bonds is 3. The molecule has 1 atom stereocenters. The molecule has 3 nitrogen and oxygen atoms in total. The number of nitrogens with one attached hydrogen (secondary N) is 1. The highest BCUT2D eigenvalue weighted by atomic mass is 35.5. The molecule has 0 bridgehead atoms. The largest absolute Gasteiger partial charge is 0.333 e. The van der Waals surface area contributed by atoms with Crippen LogP contribution in [0, 0.1) is 6.92 Å². The first-order chi connectivity index (χ1) is 11.1. The summed E-state index contributed by atoms with van der Waals surface area (Å²) in [6.07, 6.45) is 0.448. The number of nitrogens with zero attached hydrogens (tertiary/aromatic N) is 1. The van der Waals surface area contributed by atoms with Gasteiger partial charge in [0.15, 0.2) is 0 Å². The molecular weight excluding hydrogens is 308 g/mol. The Morgan fingerprint density at radius 3 is 2.87 bits per heavy atom.